The van der Waals surface area contributed by atoms with E-state index in [1.165, 1.54) is 12.1 Å². The van der Waals surface area contributed by atoms with Crippen LogP contribution in [0.25, 0.3) is 0 Å². The van der Waals surface area contributed by atoms with Crippen molar-refractivity contribution in [1.29, 1.82) is 0 Å². The average molecular weight is 292 g/mol. The van der Waals surface area contributed by atoms with E-state index in [1.807, 2.05) is 0 Å². The molecule has 8 heteroatoms. The van der Waals surface area contributed by atoms with Crippen molar-refractivity contribution in [3.8, 4) is 0 Å². The molecule has 0 N–H and O–H groups in total. The zero-order valence-electron chi connectivity index (χ0n) is 11.2. The summed E-state index contributed by atoms with van der Waals surface area (Å²) in [6.45, 7) is 1.43. The minimum Gasteiger partial charge on any atom is -0.464 e. The van der Waals surface area contributed by atoms with Crippen molar-refractivity contribution in [1.82, 2.24) is 4.90 Å². The number of nitro groups is 1. The molecule has 8 nitrogen and oxygen atoms in total. The van der Waals surface area contributed by atoms with Crippen LogP contribution in [0.15, 0.2) is 18.2 Å². The normalized spacial score (nSPS) is 13.3. The van der Waals surface area contributed by atoms with Gasteiger partial charge in [-0.2, -0.15) is 0 Å². The number of fused-ring (bicyclic) bond motifs is 1. The highest BCUT2D eigenvalue weighted by atomic mass is 16.6. The summed E-state index contributed by atoms with van der Waals surface area (Å²) in [6.07, 6.45) is 0.610. The number of hydrogen-bond donors (Lipinski definition) is 0. The highest BCUT2D eigenvalue weighted by Crippen LogP contribution is 2.30. The average Bonchev–Trinajstić information content (AvgIpc) is 2.70. The van der Waals surface area contributed by atoms with Gasteiger partial charge in [-0.25, -0.2) is 0 Å². The van der Waals surface area contributed by atoms with Crippen LogP contribution in [0.3, 0.4) is 0 Å². The monoisotopic (exact) mass is 292 g/mol. The van der Waals surface area contributed by atoms with Gasteiger partial charge in [-0.05, 0) is 12.5 Å². The van der Waals surface area contributed by atoms with Crippen molar-refractivity contribution in [3.63, 3.8) is 0 Å². The third-order valence-electron chi connectivity index (χ3n) is 2.93. The first-order valence-electron chi connectivity index (χ1n) is 6.26. The first kappa shape index (κ1) is 14.6. The molecule has 110 valence electrons. The third kappa shape index (κ3) is 2.60. The van der Waals surface area contributed by atoms with Gasteiger partial charge < -0.3 is 4.74 Å². The fraction of sp³-hybridized carbons (Fsp3) is 0.308. The van der Waals surface area contributed by atoms with Gasteiger partial charge in [0.25, 0.3) is 17.5 Å². The molecule has 0 saturated heterocycles. The molecule has 0 bridgehead atoms. The number of esters is 1. The molecule has 0 atom stereocenters. The first-order valence-corrected chi connectivity index (χ1v) is 6.26. The van der Waals surface area contributed by atoms with Crippen LogP contribution in [0.4, 0.5) is 5.69 Å². The Labute approximate surface area is 119 Å². The van der Waals surface area contributed by atoms with Gasteiger partial charge in [0.2, 0.25) is 0 Å². The lowest BCUT2D eigenvalue weighted by molar-refractivity contribution is -0.385. The van der Waals surface area contributed by atoms with Gasteiger partial charge in [0.05, 0.1) is 17.1 Å². The maximum absolute atomic E-state index is 12.1. The molecule has 0 saturated carbocycles. The highest BCUT2D eigenvalue weighted by Gasteiger charge is 2.41. The molecule has 1 aliphatic rings. The predicted molar refractivity (Wildman–Crippen MR) is 69.7 cm³/mol. The van der Waals surface area contributed by atoms with Crippen LogP contribution in [-0.2, 0) is 9.53 Å². The summed E-state index contributed by atoms with van der Waals surface area (Å²) in [4.78, 5) is 46.6. The number of carbonyl (C=O) groups is 3. The molecule has 1 aromatic rings. The van der Waals surface area contributed by atoms with Gasteiger partial charge in [-0.3, -0.25) is 29.4 Å². The molecule has 1 aliphatic heterocycles. The second kappa shape index (κ2) is 5.70. The van der Waals surface area contributed by atoms with Crippen LogP contribution in [0.2, 0.25) is 0 Å². The zero-order valence-corrected chi connectivity index (χ0v) is 11.2. The van der Waals surface area contributed by atoms with E-state index in [0.29, 0.717) is 11.3 Å². The number of ether oxygens (including phenoxy) is 1. The van der Waals surface area contributed by atoms with Gasteiger partial charge in [0, 0.05) is 6.07 Å². The van der Waals surface area contributed by atoms with Gasteiger partial charge in [0.15, 0.2) is 0 Å². The number of nitro benzene ring substituents is 1. The molecule has 1 heterocycles. The maximum atomic E-state index is 12.1. The smallest absolute Gasteiger partial charge is 0.326 e. The molecular weight excluding hydrogens is 280 g/mol. The highest BCUT2D eigenvalue weighted by molar-refractivity contribution is 6.24. The lowest BCUT2D eigenvalue weighted by Crippen LogP contribution is -2.35. The molecule has 0 spiro atoms. The second-order valence-corrected chi connectivity index (χ2v) is 4.37. The number of rotatable bonds is 5. The SMILES string of the molecule is CCCOC(=O)CN1C(=O)c2cccc([N+](=O)[O-])c2C1=O. The van der Waals surface area contributed by atoms with Crippen LogP contribution in [0, 0.1) is 10.1 Å². The number of carbonyl (C=O) groups excluding carboxylic acids is 3. The van der Waals surface area contributed by atoms with Gasteiger partial charge in [-0.15, -0.1) is 0 Å². The Morgan fingerprint density at radius 3 is 2.67 bits per heavy atom. The molecular formula is C13H12N2O6. The lowest BCUT2D eigenvalue weighted by Gasteiger charge is -2.12. The predicted octanol–water partition coefficient (Wildman–Crippen LogP) is 1.14. The van der Waals surface area contributed by atoms with E-state index in [0.717, 1.165) is 6.07 Å². The van der Waals surface area contributed by atoms with Crippen LogP contribution in [0.5, 0.6) is 0 Å². The van der Waals surface area contributed by atoms with Crippen LogP contribution >= 0.6 is 0 Å². The van der Waals surface area contributed by atoms with E-state index in [2.05, 4.69) is 0 Å². The van der Waals surface area contributed by atoms with E-state index in [-0.39, 0.29) is 17.7 Å². The van der Waals surface area contributed by atoms with Crippen molar-refractivity contribution in [2.75, 3.05) is 13.2 Å². The van der Waals surface area contributed by atoms with Crippen LogP contribution in [-0.4, -0.2) is 40.8 Å². The Balaban J connectivity index is 2.28. The van der Waals surface area contributed by atoms with E-state index in [1.54, 1.807) is 6.92 Å². The van der Waals surface area contributed by atoms with E-state index < -0.39 is 34.9 Å². The quantitative estimate of drug-likeness (QED) is 0.348. The van der Waals surface area contributed by atoms with Crippen molar-refractivity contribution >= 4 is 23.5 Å². The fourth-order valence-corrected chi connectivity index (χ4v) is 2.00. The van der Waals surface area contributed by atoms with Crippen LogP contribution in [0.1, 0.15) is 34.1 Å². The fourth-order valence-electron chi connectivity index (χ4n) is 2.00. The minimum absolute atomic E-state index is 0.0718. The molecule has 1 aromatic carbocycles. The molecule has 2 amide bonds. The topological polar surface area (TPSA) is 107 Å². The Hall–Kier alpha value is -2.77. The van der Waals surface area contributed by atoms with E-state index >= 15 is 0 Å². The molecule has 0 aromatic heterocycles. The number of imide groups is 1. The Kier molecular flexibility index (Phi) is 3.97. The minimum atomic E-state index is -0.851. The molecule has 0 aliphatic carbocycles. The van der Waals surface area contributed by atoms with Gasteiger partial charge >= 0.3 is 5.97 Å². The van der Waals surface area contributed by atoms with Gasteiger partial charge in [0.1, 0.15) is 12.1 Å². The van der Waals surface area contributed by atoms with Crippen molar-refractivity contribution in [2.24, 2.45) is 0 Å². The van der Waals surface area contributed by atoms with E-state index in [9.17, 15) is 24.5 Å². The summed E-state index contributed by atoms with van der Waals surface area (Å²) in [7, 11) is 0. The molecule has 21 heavy (non-hydrogen) atoms. The number of benzene rings is 1. The maximum Gasteiger partial charge on any atom is 0.326 e. The number of hydrogen-bond acceptors (Lipinski definition) is 6. The zero-order chi connectivity index (χ0) is 15.6. The summed E-state index contributed by atoms with van der Waals surface area (Å²) in [5.41, 5.74) is -0.802. The number of amides is 2. The summed E-state index contributed by atoms with van der Waals surface area (Å²) >= 11 is 0. The summed E-state index contributed by atoms with van der Waals surface area (Å²) in [5, 5.41) is 10.9. The summed E-state index contributed by atoms with van der Waals surface area (Å²) < 4.78 is 4.81. The molecule has 0 fully saturated rings. The second-order valence-electron chi connectivity index (χ2n) is 4.37. The summed E-state index contributed by atoms with van der Waals surface area (Å²) in [5.74, 6) is -2.31. The van der Waals surface area contributed by atoms with E-state index in [4.69, 9.17) is 4.74 Å². The Morgan fingerprint density at radius 2 is 2.05 bits per heavy atom. The van der Waals surface area contributed by atoms with Crippen LogP contribution < -0.4 is 0 Å². The van der Waals surface area contributed by atoms with Crippen molar-refractivity contribution < 1.29 is 24.0 Å². The van der Waals surface area contributed by atoms with Crippen molar-refractivity contribution in [2.45, 2.75) is 13.3 Å². The largest absolute Gasteiger partial charge is 0.464 e. The third-order valence-corrected chi connectivity index (χ3v) is 2.93. The number of nitrogens with zero attached hydrogens (tertiary/aromatic N) is 2. The van der Waals surface area contributed by atoms with Crippen molar-refractivity contribution in [3.05, 3.63) is 39.4 Å². The Morgan fingerprint density at radius 1 is 1.33 bits per heavy atom. The Bertz CT molecular complexity index is 640. The molecule has 2 rings (SSSR count). The summed E-state index contributed by atoms with van der Waals surface area (Å²) in [6, 6.07) is 3.78. The van der Waals surface area contributed by atoms with Gasteiger partial charge in [-0.1, -0.05) is 13.0 Å². The standard InChI is InChI=1S/C13H12N2O6/c1-2-6-21-10(16)7-14-12(17)8-4-3-5-9(15(19)20)11(8)13(14)18/h3-5H,2,6-7H2,1H3. The molecule has 0 unspecified atom stereocenters. The first-order chi connectivity index (χ1) is 9.97. The molecule has 0 radical (unpaired) electrons. The lowest BCUT2D eigenvalue weighted by atomic mass is 10.1.